The van der Waals surface area contributed by atoms with Crippen LogP contribution in [0.15, 0.2) is 36.4 Å². The van der Waals surface area contributed by atoms with Gasteiger partial charge in [0.2, 0.25) is 0 Å². The van der Waals surface area contributed by atoms with Gasteiger partial charge in [0.05, 0.1) is 12.1 Å². The summed E-state index contributed by atoms with van der Waals surface area (Å²) in [6.07, 6.45) is 0. The lowest BCUT2D eigenvalue weighted by molar-refractivity contribution is 0.279. The van der Waals surface area contributed by atoms with Crippen molar-refractivity contribution in [3.05, 3.63) is 58.4 Å². The van der Waals surface area contributed by atoms with Gasteiger partial charge in [-0.2, -0.15) is 0 Å². The molecule has 3 nitrogen and oxygen atoms in total. The highest BCUT2D eigenvalue weighted by molar-refractivity contribution is 6.32. The summed E-state index contributed by atoms with van der Waals surface area (Å²) in [5.74, 6) is 0.644. The molecule has 0 saturated carbocycles. The molecule has 0 bridgehead atoms. The number of ether oxygens (including phenoxy) is 2. The van der Waals surface area contributed by atoms with Crippen molar-refractivity contribution in [3.63, 3.8) is 0 Å². The molecular formula is C19H23ClFNO2. The molecule has 0 unspecified atom stereocenters. The average Bonchev–Trinajstić information content (AvgIpc) is 2.52. The van der Waals surface area contributed by atoms with Gasteiger partial charge in [-0.3, -0.25) is 0 Å². The summed E-state index contributed by atoms with van der Waals surface area (Å²) in [4.78, 5) is 0. The number of nitrogens with one attached hydrogen (secondary N) is 1. The minimum absolute atomic E-state index is 0.000279. The quantitative estimate of drug-likeness (QED) is 0.798. The molecule has 24 heavy (non-hydrogen) atoms. The molecular weight excluding hydrogens is 329 g/mol. The molecule has 1 N–H and O–H groups in total. The zero-order valence-corrected chi connectivity index (χ0v) is 15.2. The first-order valence-corrected chi connectivity index (χ1v) is 8.15. The predicted molar refractivity (Wildman–Crippen MR) is 95.3 cm³/mol. The number of benzene rings is 2. The van der Waals surface area contributed by atoms with E-state index >= 15 is 0 Å². The van der Waals surface area contributed by atoms with E-state index < -0.39 is 0 Å². The van der Waals surface area contributed by atoms with E-state index in [1.165, 1.54) is 6.07 Å². The molecule has 2 aromatic rings. The molecule has 130 valence electrons. The number of methoxy groups -OCH3 is 1. The van der Waals surface area contributed by atoms with Gasteiger partial charge in [-0.15, -0.1) is 0 Å². The van der Waals surface area contributed by atoms with Gasteiger partial charge in [0.15, 0.2) is 11.5 Å². The summed E-state index contributed by atoms with van der Waals surface area (Å²) in [6.45, 7) is 7.03. The maximum Gasteiger partial charge on any atom is 0.180 e. The van der Waals surface area contributed by atoms with Crippen LogP contribution in [-0.4, -0.2) is 12.6 Å². The Hall–Kier alpha value is -1.78. The van der Waals surface area contributed by atoms with Crippen LogP contribution in [0.1, 0.15) is 31.9 Å². The second kappa shape index (κ2) is 7.86. The van der Waals surface area contributed by atoms with Gasteiger partial charge < -0.3 is 14.8 Å². The molecule has 2 rings (SSSR count). The summed E-state index contributed by atoms with van der Waals surface area (Å²) >= 11 is 6.34. The minimum atomic E-state index is -0.307. The van der Waals surface area contributed by atoms with Crippen LogP contribution in [0.5, 0.6) is 11.5 Å². The van der Waals surface area contributed by atoms with Crippen LogP contribution in [0.3, 0.4) is 0 Å². The van der Waals surface area contributed by atoms with E-state index in [0.29, 0.717) is 28.6 Å². The summed E-state index contributed by atoms with van der Waals surface area (Å²) in [5.41, 5.74) is 1.46. The zero-order valence-electron chi connectivity index (χ0n) is 14.5. The number of hydrogen-bond donors (Lipinski definition) is 1. The Kier molecular flexibility index (Phi) is 6.08. The maximum absolute atomic E-state index is 13.7. The van der Waals surface area contributed by atoms with Crippen LogP contribution in [0.4, 0.5) is 4.39 Å². The van der Waals surface area contributed by atoms with Crippen LogP contribution < -0.4 is 14.8 Å². The first kappa shape index (κ1) is 18.6. The third-order valence-electron chi connectivity index (χ3n) is 3.44. The number of hydrogen-bond acceptors (Lipinski definition) is 3. The fourth-order valence-corrected chi connectivity index (χ4v) is 2.44. The van der Waals surface area contributed by atoms with E-state index in [0.717, 1.165) is 5.56 Å². The fourth-order valence-electron chi connectivity index (χ4n) is 2.15. The van der Waals surface area contributed by atoms with Crippen molar-refractivity contribution in [3.8, 4) is 11.5 Å². The standard InChI is InChI=1S/C19H23ClFNO2/c1-19(2,3)22-11-13-9-15(20)18(17(10-13)23-4)24-12-14-7-5-6-8-16(14)21/h5-10,22H,11-12H2,1-4H3. The first-order chi connectivity index (χ1) is 11.3. The molecule has 0 aromatic heterocycles. The van der Waals surface area contributed by atoms with Crippen molar-refractivity contribution < 1.29 is 13.9 Å². The van der Waals surface area contributed by atoms with Crippen LogP contribution in [0.25, 0.3) is 0 Å². The maximum atomic E-state index is 13.7. The van der Waals surface area contributed by atoms with E-state index in [1.54, 1.807) is 25.3 Å². The highest BCUT2D eigenvalue weighted by atomic mass is 35.5. The van der Waals surface area contributed by atoms with Crippen LogP contribution in [-0.2, 0) is 13.2 Å². The third-order valence-corrected chi connectivity index (χ3v) is 3.72. The zero-order chi connectivity index (χ0) is 17.7. The normalized spacial score (nSPS) is 11.4. The Bertz CT molecular complexity index is 698. The predicted octanol–water partition coefficient (Wildman–Crippen LogP) is 4.95. The Morgan fingerprint density at radius 2 is 1.88 bits per heavy atom. The summed E-state index contributed by atoms with van der Waals surface area (Å²) < 4.78 is 24.8. The van der Waals surface area contributed by atoms with Crippen LogP contribution in [0.2, 0.25) is 5.02 Å². The molecule has 2 aromatic carbocycles. The van der Waals surface area contributed by atoms with E-state index in [-0.39, 0.29) is 18.0 Å². The largest absolute Gasteiger partial charge is 0.493 e. The number of halogens is 2. The van der Waals surface area contributed by atoms with Gasteiger partial charge in [0.25, 0.3) is 0 Å². The van der Waals surface area contributed by atoms with E-state index in [4.69, 9.17) is 21.1 Å². The van der Waals surface area contributed by atoms with Gasteiger partial charge in [-0.1, -0.05) is 29.8 Å². The van der Waals surface area contributed by atoms with Crippen LogP contribution >= 0.6 is 11.6 Å². The Morgan fingerprint density at radius 3 is 2.50 bits per heavy atom. The molecule has 5 heteroatoms. The summed E-state index contributed by atoms with van der Waals surface area (Å²) in [6, 6.07) is 10.2. The lowest BCUT2D eigenvalue weighted by Gasteiger charge is -2.21. The van der Waals surface area contributed by atoms with E-state index in [9.17, 15) is 4.39 Å². The SMILES string of the molecule is COc1cc(CNC(C)(C)C)cc(Cl)c1OCc1ccccc1F. The Balaban J connectivity index is 2.16. The topological polar surface area (TPSA) is 30.5 Å². The van der Waals surface area contributed by atoms with Crippen molar-refractivity contribution in [2.75, 3.05) is 7.11 Å². The second-order valence-electron chi connectivity index (χ2n) is 6.59. The molecule has 0 aliphatic rings. The second-order valence-corrected chi connectivity index (χ2v) is 7.00. The molecule has 0 saturated heterocycles. The molecule has 0 amide bonds. The molecule has 0 atom stereocenters. The van der Waals surface area contributed by atoms with Crippen molar-refractivity contribution in [2.24, 2.45) is 0 Å². The van der Waals surface area contributed by atoms with E-state index in [1.807, 2.05) is 12.1 Å². The van der Waals surface area contributed by atoms with Crippen molar-refractivity contribution >= 4 is 11.6 Å². The van der Waals surface area contributed by atoms with Gasteiger partial charge >= 0.3 is 0 Å². The first-order valence-electron chi connectivity index (χ1n) is 7.78. The monoisotopic (exact) mass is 351 g/mol. The van der Waals surface area contributed by atoms with Crippen LogP contribution in [0, 0.1) is 5.82 Å². The summed E-state index contributed by atoms with van der Waals surface area (Å²) in [7, 11) is 1.56. The Morgan fingerprint density at radius 1 is 1.17 bits per heavy atom. The van der Waals surface area contributed by atoms with Gasteiger partial charge in [-0.25, -0.2) is 4.39 Å². The minimum Gasteiger partial charge on any atom is -0.493 e. The van der Waals surface area contributed by atoms with Gasteiger partial charge in [0.1, 0.15) is 12.4 Å². The highest BCUT2D eigenvalue weighted by Gasteiger charge is 2.15. The van der Waals surface area contributed by atoms with Crippen molar-refractivity contribution in [1.82, 2.24) is 5.32 Å². The van der Waals surface area contributed by atoms with Crippen molar-refractivity contribution in [1.29, 1.82) is 0 Å². The fraction of sp³-hybridized carbons (Fsp3) is 0.368. The smallest absolute Gasteiger partial charge is 0.180 e. The number of rotatable bonds is 6. The molecule has 0 aliphatic heterocycles. The third kappa shape index (κ3) is 5.11. The highest BCUT2D eigenvalue weighted by Crippen LogP contribution is 2.37. The summed E-state index contributed by atoms with van der Waals surface area (Å²) in [5, 5.41) is 3.84. The van der Waals surface area contributed by atoms with Gasteiger partial charge in [0, 0.05) is 17.6 Å². The van der Waals surface area contributed by atoms with Gasteiger partial charge in [-0.05, 0) is 44.5 Å². The molecule has 0 heterocycles. The molecule has 0 fully saturated rings. The Labute approximate surface area is 147 Å². The lowest BCUT2D eigenvalue weighted by atomic mass is 10.1. The molecule has 0 aliphatic carbocycles. The average molecular weight is 352 g/mol. The van der Waals surface area contributed by atoms with E-state index in [2.05, 4.69) is 26.1 Å². The molecule has 0 radical (unpaired) electrons. The lowest BCUT2D eigenvalue weighted by Crippen LogP contribution is -2.35. The van der Waals surface area contributed by atoms with Crippen molar-refractivity contribution in [2.45, 2.75) is 39.5 Å². The molecule has 0 spiro atoms.